The van der Waals surface area contributed by atoms with Crippen LogP contribution >= 0.6 is 0 Å². The fourth-order valence-electron chi connectivity index (χ4n) is 2.73. The molecule has 2 heterocycles. The number of fused-ring (bicyclic) bond motifs is 1. The smallest absolute Gasteiger partial charge is 0.167 e. The number of benzene rings is 1. The van der Waals surface area contributed by atoms with E-state index in [0.29, 0.717) is 5.75 Å². The van der Waals surface area contributed by atoms with E-state index in [0.717, 1.165) is 42.3 Å². The molecule has 0 spiro atoms. The van der Waals surface area contributed by atoms with Gasteiger partial charge >= 0.3 is 0 Å². The first-order chi connectivity index (χ1) is 10.3. The number of rotatable bonds is 4. The van der Waals surface area contributed by atoms with Gasteiger partial charge in [-0.25, -0.2) is 0 Å². The number of nitrogens with zero attached hydrogens (tertiary/aromatic N) is 3. The van der Waals surface area contributed by atoms with Crippen molar-refractivity contribution in [1.29, 1.82) is 0 Å². The third kappa shape index (κ3) is 2.47. The summed E-state index contributed by atoms with van der Waals surface area (Å²) in [6, 6.07) is 5.65. The van der Waals surface area contributed by atoms with Crippen molar-refractivity contribution in [1.82, 2.24) is 14.8 Å². The lowest BCUT2D eigenvalue weighted by Gasteiger charge is -2.22. The Morgan fingerprint density at radius 1 is 1.29 bits per heavy atom. The van der Waals surface area contributed by atoms with Gasteiger partial charge in [-0.3, -0.25) is 0 Å². The lowest BCUT2D eigenvalue weighted by Crippen LogP contribution is -2.23. The molecule has 1 aromatic heterocycles. The molecule has 6 nitrogen and oxygen atoms in total. The highest BCUT2D eigenvalue weighted by atomic mass is 16.5. The van der Waals surface area contributed by atoms with Gasteiger partial charge in [0.1, 0.15) is 17.3 Å². The monoisotopic (exact) mass is 289 g/mol. The molecular formula is C15H19N3O3. The molecule has 1 aliphatic heterocycles. The number of methoxy groups -OCH3 is 2. The van der Waals surface area contributed by atoms with E-state index in [1.807, 2.05) is 18.2 Å². The normalized spacial score (nSPS) is 17.4. The maximum atomic E-state index is 9.39. The van der Waals surface area contributed by atoms with Crippen LogP contribution < -0.4 is 9.47 Å². The second-order valence-corrected chi connectivity index (χ2v) is 5.20. The third-order valence-corrected chi connectivity index (χ3v) is 3.95. The Bertz CT molecular complexity index is 639. The van der Waals surface area contributed by atoms with Gasteiger partial charge in [-0.15, -0.1) is 10.2 Å². The van der Waals surface area contributed by atoms with Crippen LogP contribution in [-0.2, 0) is 13.0 Å². The van der Waals surface area contributed by atoms with Gasteiger partial charge in [0, 0.05) is 31.6 Å². The number of hydrogen-bond donors (Lipinski definition) is 1. The zero-order chi connectivity index (χ0) is 14.8. The van der Waals surface area contributed by atoms with E-state index in [4.69, 9.17) is 9.47 Å². The second kappa shape index (κ2) is 5.73. The minimum Gasteiger partial charge on any atom is -0.497 e. The molecule has 0 radical (unpaired) electrons. The van der Waals surface area contributed by atoms with Crippen molar-refractivity contribution in [3.8, 4) is 22.9 Å². The Morgan fingerprint density at radius 3 is 2.86 bits per heavy atom. The Morgan fingerprint density at radius 2 is 2.14 bits per heavy atom. The number of aliphatic hydroxyl groups excluding tert-OH is 1. The summed E-state index contributed by atoms with van der Waals surface area (Å²) in [6.45, 7) is 0.931. The van der Waals surface area contributed by atoms with Gasteiger partial charge in [0.25, 0.3) is 0 Å². The van der Waals surface area contributed by atoms with Crippen LogP contribution in [0.4, 0.5) is 0 Å². The zero-order valence-corrected chi connectivity index (χ0v) is 12.2. The van der Waals surface area contributed by atoms with Crippen LogP contribution in [0.3, 0.4) is 0 Å². The fraction of sp³-hybridized carbons (Fsp3) is 0.467. The van der Waals surface area contributed by atoms with E-state index in [1.165, 1.54) is 0 Å². The highest BCUT2D eigenvalue weighted by molar-refractivity contribution is 5.66. The highest BCUT2D eigenvalue weighted by Gasteiger charge is 2.24. The number of ether oxygens (including phenoxy) is 2. The van der Waals surface area contributed by atoms with Crippen LogP contribution in [0.1, 0.15) is 12.2 Å². The Labute approximate surface area is 123 Å². The molecule has 0 amide bonds. The first kappa shape index (κ1) is 13.9. The summed E-state index contributed by atoms with van der Waals surface area (Å²) in [5.41, 5.74) is 0.885. The van der Waals surface area contributed by atoms with Gasteiger partial charge in [-0.05, 0) is 18.6 Å². The molecule has 3 rings (SSSR count). The average molecular weight is 289 g/mol. The van der Waals surface area contributed by atoms with Crippen LogP contribution in [0.2, 0.25) is 0 Å². The maximum Gasteiger partial charge on any atom is 0.167 e. The van der Waals surface area contributed by atoms with Crippen molar-refractivity contribution in [3.63, 3.8) is 0 Å². The number of aliphatic hydroxyl groups is 1. The predicted molar refractivity (Wildman–Crippen MR) is 77.5 cm³/mol. The van der Waals surface area contributed by atoms with Crippen LogP contribution in [0.25, 0.3) is 11.4 Å². The van der Waals surface area contributed by atoms with E-state index in [2.05, 4.69) is 14.8 Å². The van der Waals surface area contributed by atoms with Crippen molar-refractivity contribution >= 4 is 0 Å². The summed E-state index contributed by atoms with van der Waals surface area (Å²) >= 11 is 0. The third-order valence-electron chi connectivity index (χ3n) is 3.95. The molecule has 1 atom stereocenters. The second-order valence-electron chi connectivity index (χ2n) is 5.20. The topological polar surface area (TPSA) is 69.4 Å². The van der Waals surface area contributed by atoms with Crippen LogP contribution in [0, 0.1) is 5.92 Å². The molecule has 6 heteroatoms. The average Bonchev–Trinajstić information content (AvgIpc) is 2.96. The molecule has 21 heavy (non-hydrogen) atoms. The van der Waals surface area contributed by atoms with Crippen molar-refractivity contribution in [2.45, 2.75) is 19.4 Å². The van der Waals surface area contributed by atoms with Crippen molar-refractivity contribution in [3.05, 3.63) is 24.0 Å². The number of aryl methyl sites for hydroxylation is 1. The Hall–Kier alpha value is -2.08. The molecule has 0 saturated heterocycles. The van der Waals surface area contributed by atoms with Gasteiger partial charge in [-0.1, -0.05) is 0 Å². The molecule has 0 bridgehead atoms. The van der Waals surface area contributed by atoms with Crippen LogP contribution in [-0.4, -0.2) is 40.7 Å². The highest BCUT2D eigenvalue weighted by Crippen LogP contribution is 2.34. The predicted octanol–water partition coefficient (Wildman–Crippen LogP) is 1.52. The van der Waals surface area contributed by atoms with E-state index in [1.54, 1.807) is 14.2 Å². The molecule has 2 aromatic rings. The summed E-state index contributed by atoms with van der Waals surface area (Å²) in [5.74, 6) is 3.45. The summed E-state index contributed by atoms with van der Waals surface area (Å²) in [7, 11) is 3.25. The lowest BCUT2D eigenvalue weighted by molar-refractivity contribution is 0.191. The van der Waals surface area contributed by atoms with Crippen molar-refractivity contribution in [2.75, 3.05) is 20.8 Å². The van der Waals surface area contributed by atoms with E-state index in [9.17, 15) is 5.11 Å². The van der Waals surface area contributed by atoms with Gasteiger partial charge in [0.2, 0.25) is 0 Å². The quantitative estimate of drug-likeness (QED) is 0.924. The standard InChI is InChI=1S/C15H19N3O3/c1-20-11-4-5-12(13(7-11)21-2)15-17-16-14-6-3-10(9-19)8-18(14)15/h4-5,7,10,19H,3,6,8-9H2,1-2H3. The minimum absolute atomic E-state index is 0.191. The van der Waals surface area contributed by atoms with Gasteiger partial charge < -0.3 is 19.1 Å². The zero-order valence-electron chi connectivity index (χ0n) is 12.2. The van der Waals surface area contributed by atoms with Gasteiger partial charge in [0.05, 0.1) is 19.8 Å². The van der Waals surface area contributed by atoms with Gasteiger partial charge in [-0.2, -0.15) is 0 Å². The summed E-state index contributed by atoms with van der Waals surface area (Å²) < 4.78 is 12.7. The van der Waals surface area contributed by atoms with Crippen LogP contribution in [0.5, 0.6) is 11.5 Å². The van der Waals surface area contributed by atoms with E-state index < -0.39 is 0 Å². The summed E-state index contributed by atoms with van der Waals surface area (Å²) in [4.78, 5) is 0. The van der Waals surface area contributed by atoms with Gasteiger partial charge in [0.15, 0.2) is 5.82 Å². The summed E-state index contributed by atoms with van der Waals surface area (Å²) in [6.07, 6.45) is 1.80. The number of hydrogen-bond acceptors (Lipinski definition) is 5. The first-order valence-electron chi connectivity index (χ1n) is 7.02. The maximum absolute atomic E-state index is 9.39. The first-order valence-corrected chi connectivity index (χ1v) is 7.02. The Balaban J connectivity index is 2.04. The SMILES string of the molecule is COc1ccc(-c2nnc3n2CC(CO)CC3)c(OC)c1. The molecule has 0 fully saturated rings. The molecule has 1 aromatic carbocycles. The molecule has 1 N–H and O–H groups in total. The van der Waals surface area contributed by atoms with E-state index >= 15 is 0 Å². The molecule has 1 aliphatic rings. The summed E-state index contributed by atoms with van der Waals surface area (Å²) in [5, 5.41) is 18.0. The fourth-order valence-corrected chi connectivity index (χ4v) is 2.73. The van der Waals surface area contributed by atoms with Crippen LogP contribution in [0.15, 0.2) is 18.2 Å². The molecule has 1 unspecified atom stereocenters. The number of aromatic nitrogens is 3. The molecule has 0 saturated carbocycles. The largest absolute Gasteiger partial charge is 0.497 e. The Kier molecular flexibility index (Phi) is 3.79. The van der Waals surface area contributed by atoms with E-state index in [-0.39, 0.29) is 12.5 Å². The minimum atomic E-state index is 0.191. The molecular weight excluding hydrogens is 270 g/mol. The lowest BCUT2D eigenvalue weighted by atomic mass is 10.00. The molecule has 0 aliphatic carbocycles. The van der Waals surface area contributed by atoms with Crippen molar-refractivity contribution < 1.29 is 14.6 Å². The van der Waals surface area contributed by atoms with Crippen molar-refractivity contribution in [2.24, 2.45) is 5.92 Å². The molecule has 112 valence electrons.